The highest BCUT2D eigenvalue weighted by molar-refractivity contribution is 9.10. The Balaban J connectivity index is 1.92. The third-order valence-electron chi connectivity index (χ3n) is 3.12. The molecule has 112 valence electrons. The number of para-hydroxylation sites is 1. The van der Waals surface area contributed by atoms with Crippen molar-refractivity contribution >= 4 is 21.6 Å². The Hall–Kier alpha value is -1.55. The van der Waals surface area contributed by atoms with Crippen LogP contribution in [-0.2, 0) is 6.54 Å². The van der Waals surface area contributed by atoms with Crippen LogP contribution >= 0.6 is 15.9 Å². The summed E-state index contributed by atoms with van der Waals surface area (Å²) in [6.07, 6.45) is 2.18. The second-order valence-corrected chi connectivity index (χ2v) is 5.65. The minimum absolute atomic E-state index is 0.260. The van der Waals surface area contributed by atoms with Gasteiger partial charge < -0.3 is 10.1 Å². The molecule has 4 heteroatoms. The molecule has 0 radical (unpaired) electrons. The fourth-order valence-corrected chi connectivity index (χ4v) is 2.38. The Kier molecular flexibility index (Phi) is 6.05. The highest BCUT2D eigenvalue weighted by Crippen LogP contribution is 2.25. The van der Waals surface area contributed by atoms with E-state index >= 15 is 0 Å². The monoisotopic (exact) mass is 351 g/mol. The largest absolute Gasteiger partial charge is 0.494 e. The summed E-state index contributed by atoms with van der Waals surface area (Å²) >= 11 is 3.34. The zero-order chi connectivity index (χ0) is 15.1. The number of unbranched alkanes of at least 4 members (excludes halogenated alkanes) is 1. The van der Waals surface area contributed by atoms with Crippen LogP contribution in [0.3, 0.4) is 0 Å². The lowest BCUT2D eigenvalue weighted by molar-refractivity contribution is 0.309. The predicted octanol–water partition coefficient (Wildman–Crippen LogP) is 5.38. The van der Waals surface area contributed by atoms with Gasteiger partial charge >= 0.3 is 0 Å². The van der Waals surface area contributed by atoms with Gasteiger partial charge in [-0.05, 0) is 52.2 Å². The fraction of sp³-hybridized carbons (Fsp3) is 0.294. The van der Waals surface area contributed by atoms with Crippen molar-refractivity contribution in [3.63, 3.8) is 0 Å². The summed E-state index contributed by atoms with van der Waals surface area (Å²) in [7, 11) is 0. The molecule has 0 spiro atoms. The molecule has 1 N–H and O–H groups in total. The van der Waals surface area contributed by atoms with Crippen molar-refractivity contribution in [1.82, 2.24) is 0 Å². The molecular formula is C17H19BrFNO. The van der Waals surface area contributed by atoms with Crippen LogP contribution in [0.2, 0.25) is 0 Å². The number of nitrogens with one attached hydrogen (secondary N) is 1. The molecule has 0 atom stereocenters. The third kappa shape index (κ3) is 4.74. The zero-order valence-electron chi connectivity index (χ0n) is 12.0. The smallest absolute Gasteiger partial charge is 0.147 e. The van der Waals surface area contributed by atoms with E-state index in [1.807, 2.05) is 30.3 Å². The second kappa shape index (κ2) is 8.03. The number of halogens is 2. The van der Waals surface area contributed by atoms with E-state index in [1.54, 1.807) is 6.07 Å². The second-order valence-electron chi connectivity index (χ2n) is 4.80. The van der Waals surface area contributed by atoms with Crippen molar-refractivity contribution in [1.29, 1.82) is 0 Å². The first-order chi connectivity index (χ1) is 10.2. The summed E-state index contributed by atoms with van der Waals surface area (Å²) in [4.78, 5) is 0. The van der Waals surface area contributed by atoms with Crippen LogP contribution in [0.1, 0.15) is 25.3 Å². The van der Waals surface area contributed by atoms with E-state index in [1.165, 1.54) is 6.07 Å². The van der Waals surface area contributed by atoms with Crippen LogP contribution in [0.4, 0.5) is 10.1 Å². The molecule has 2 rings (SSSR count). The van der Waals surface area contributed by atoms with Crippen LogP contribution in [0.15, 0.2) is 46.9 Å². The van der Waals surface area contributed by atoms with E-state index in [-0.39, 0.29) is 5.82 Å². The minimum Gasteiger partial charge on any atom is -0.494 e. The Bertz CT molecular complexity index is 551. The summed E-state index contributed by atoms with van der Waals surface area (Å²) in [5.74, 6) is 0.614. The Labute approximate surface area is 133 Å². The van der Waals surface area contributed by atoms with Gasteiger partial charge in [0.05, 0.1) is 12.3 Å². The first-order valence-corrected chi connectivity index (χ1v) is 7.89. The van der Waals surface area contributed by atoms with Gasteiger partial charge in [-0.25, -0.2) is 4.39 Å². The molecule has 0 aromatic heterocycles. The van der Waals surface area contributed by atoms with Crippen molar-refractivity contribution in [2.45, 2.75) is 26.3 Å². The van der Waals surface area contributed by atoms with Crippen LogP contribution < -0.4 is 10.1 Å². The molecule has 21 heavy (non-hydrogen) atoms. The van der Waals surface area contributed by atoms with E-state index in [4.69, 9.17) is 4.74 Å². The number of hydrogen-bond donors (Lipinski definition) is 1. The van der Waals surface area contributed by atoms with Gasteiger partial charge in [0.25, 0.3) is 0 Å². The van der Waals surface area contributed by atoms with Crippen LogP contribution in [0, 0.1) is 5.82 Å². The van der Waals surface area contributed by atoms with Crippen molar-refractivity contribution in [2.24, 2.45) is 0 Å². The lowest BCUT2D eigenvalue weighted by Gasteiger charge is -2.10. The van der Waals surface area contributed by atoms with E-state index in [0.29, 0.717) is 12.2 Å². The third-order valence-corrected chi connectivity index (χ3v) is 3.78. The normalized spacial score (nSPS) is 10.4. The van der Waals surface area contributed by atoms with E-state index in [2.05, 4.69) is 28.2 Å². The van der Waals surface area contributed by atoms with Gasteiger partial charge in [0.1, 0.15) is 11.6 Å². The highest BCUT2D eigenvalue weighted by atomic mass is 79.9. The first-order valence-electron chi connectivity index (χ1n) is 7.10. The highest BCUT2D eigenvalue weighted by Gasteiger charge is 2.05. The van der Waals surface area contributed by atoms with Crippen molar-refractivity contribution < 1.29 is 9.13 Å². The zero-order valence-corrected chi connectivity index (χ0v) is 13.6. The quantitative estimate of drug-likeness (QED) is 0.676. The first kappa shape index (κ1) is 15.8. The molecule has 0 aliphatic rings. The van der Waals surface area contributed by atoms with Gasteiger partial charge in [0.15, 0.2) is 0 Å². The standard InChI is InChI=1S/C17H19BrFNO/c1-2-3-11-21-14-9-7-13(8-10-14)12-20-17-15(18)5-4-6-16(17)19/h4-10,20H,2-3,11-12H2,1H3. The van der Waals surface area contributed by atoms with E-state index in [0.717, 1.165) is 35.2 Å². The predicted molar refractivity (Wildman–Crippen MR) is 88.3 cm³/mol. The Morgan fingerprint density at radius 3 is 2.57 bits per heavy atom. The summed E-state index contributed by atoms with van der Waals surface area (Å²) in [6.45, 7) is 3.45. The topological polar surface area (TPSA) is 21.3 Å². The molecule has 0 fully saturated rings. The van der Waals surface area contributed by atoms with E-state index in [9.17, 15) is 4.39 Å². The van der Waals surface area contributed by atoms with Gasteiger partial charge in [0, 0.05) is 11.0 Å². The van der Waals surface area contributed by atoms with Gasteiger partial charge in [-0.3, -0.25) is 0 Å². The summed E-state index contributed by atoms with van der Waals surface area (Å²) < 4.78 is 20.0. The molecule has 0 saturated heterocycles. The number of benzene rings is 2. The molecule has 2 aromatic carbocycles. The van der Waals surface area contributed by atoms with Crippen molar-refractivity contribution in [3.05, 3.63) is 58.3 Å². The molecule has 0 saturated carbocycles. The van der Waals surface area contributed by atoms with Gasteiger partial charge in [0.2, 0.25) is 0 Å². The fourth-order valence-electron chi connectivity index (χ4n) is 1.90. The lowest BCUT2D eigenvalue weighted by Crippen LogP contribution is -2.02. The van der Waals surface area contributed by atoms with Crippen molar-refractivity contribution in [2.75, 3.05) is 11.9 Å². The number of hydrogen-bond acceptors (Lipinski definition) is 2. The molecule has 0 aliphatic heterocycles. The molecule has 0 amide bonds. The average Bonchev–Trinajstić information content (AvgIpc) is 2.48. The Morgan fingerprint density at radius 1 is 1.14 bits per heavy atom. The SMILES string of the molecule is CCCCOc1ccc(CNc2c(F)cccc2Br)cc1. The summed E-state index contributed by atoms with van der Waals surface area (Å²) in [5.41, 5.74) is 1.56. The minimum atomic E-state index is -0.260. The van der Waals surface area contributed by atoms with Gasteiger partial charge in [-0.1, -0.05) is 31.5 Å². The maximum atomic E-state index is 13.7. The molecule has 0 heterocycles. The molecule has 2 aromatic rings. The molecule has 0 unspecified atom stereocenters. The number of anilines is 1. The molecule has 2 nitrogen and oxygen atoms in total. The Morgan fingerprint density at radius 2 is 1.90 bits per heavy atom. The van der Waals surface area contributed by atoms with Crippen molar-refractivity contribution in [3.8, 4) is 5.75 Å². The maximum absolute atomic E-state index is 13.7. The summed E-state index contributed by atoms with van der Waals surface area (Å²) in [6, 6.07) is 12.8. The molecule has 0 bridgehead atoms. The van der Waals surface area contributed by atoms with Crippen LogP contribution in [0.25, 0.3) is 0 Å². The molecular weight excluding hydrogens is 333 g/mol. The van der Waals surface area contributed by atoms with E-state index < -0.39 is 0 Å². The lowest BCUT2D eigenvalue weighted by atomic mass is 10.2. The van der Waals surface area contributed by atoms with Gasteiger partial charge in [-0.15, -0.1) is 0 Å². The number of rotatable bonds is 7. The maximum Gasteiger partial charge on any atom is 0.147 e. The summed E-state index contributed by atoms with van der Waals surface area (Å²) in [5, 5.41) is 3.11. The van der Waals surface area contributed by atoms with Crippen LogP contribution in [0.5, 0.6) is 5.75 Å². The van der Waals surface area contributed by atoms with Crippen LogP contribution in [-0.4, -0.2) is 6.61 Å². The number of ether oxygens (including phenoxy) is 1. The molecule has 0 aliphatic carbocycles. The average molecular weight is 352 g/mol. The van der Waals surface area contributed by atoms with Gasteiger partial charge in [-0.2, -0.15) is 0 Å².